The van der Waals surface area contributed by atoms with E-state index in [-0.39, 0.29) is 40.5 Å². The highest BCUT2D eigenvalue weighted by atomic mass is 32.1. The lowest BCUT2D eigenvalue weighted by atomic mass is 9.81. The first-order valence-corrected chi connectivity index (χ1v) is 22.3. The topological polar surface area (TPSA) is 253 Å². The van der Waals surface area contributed by atoms with Crippen LogP contribution in [0.2, 0.25) is 0 Å². The van der Waals surface area contributed by atoms with Gasteiger partial charge in [0.15, 0.2) is 6.61 Å². The van der Waals surface area contributed by atoms with E-state index >= 15 is 0 Å². The molecule has 4 aliphatic rings. The van der Waals surface area contributed by atoms with Crippen LogP contribution < -0.4 is 22.1 Å². The van der Waals surface area contributed by atoms with Gasteiger partial charge in [0.05, 0.1) is 86.6 Å². The van der Waals surface area contributed by atoms with Crippen molar-refractivity contribution >= 4 is 66.7 Å². The molecular weight excluding hydrogens is 867 g/mol. The van der Waals surface area contributed by atoms with Gasteiger partial charge in [-0.2, -0.15) is 15.8 Å². The van der Waals surface area contributed by atoms with Crippen molar-refractivity contribution in [1.29, 1.82) is 15.8 Å². The molecule has 4 aromatic rings. The lowest BCUT2D eigenvalue weighted by molar-refractivity contribution is -0.141. The Hall–Kier alpha value is -7.57. The van der Waals surface area contributed by atoms with Gasteiger partial charge in [0.2, 0.25) is 0 Å². The number of hydrogen-bond acceptors (Lipinski definition) is 17. The van der Waals surface area contributed by atoms with Gasteiger partial charge < -0.3 is 41.0 Å². The van der Waals surface area contributed by atoms with Crippen LogP contribution in [0.25, 0.3) is 20.2 Å². The number of nitrogens with zero attached hydrogens (tertiary/aromatic N) is 3. The van der Waals surface area contributed by atoms with Gasteiger partial charge in [0.25, 0.3) is 0 Å². The number of methoxy groups -OCH3 is 1. The Morgan fingerprint density at radius 1 is 0.692 bits per heavy atom. The molecule has 2 aliphatic carbocycles. The van der Waals surface area contributed by atoms with Crippen LogP contribution in [0.5, 0.6) is 0 Å². The van der Waals surface area contributed by atoms with E-state index in [1.165, 1.54) is 35.8 Å². The summed E-state index contributed by atoms with van der Waals surface area (Å²) in [5.41, 5.74) is 16.7. The van der Waals surface area contributed by atoms with Gasteiger partial charge in [0, 0.05) is 11.4 Å². The molecule has 2 atom stereocenters. The minimum Gasteiger partial charge on any atom is -0.466 e. The monoisotopic (exact) mass is 909 g/mol. The van der Waals surface area contributed by atoms with Crippen molar-refractivity contribution in [2.24, 2.45) is 23.3 Å². The van der Waals surface area contributed by atoms with Crippen LogP contribution in [0.1, 0.15) is 86.1 Å². The average molecular weight is 910 g/mol. The summed E-state index contributed by atoms with van der Waals surface area (Å²) >= 11 is 2.68. The van der Waals surface area contributed by atoms with Crippen LogP contribution in [0, 0.1) is 57.7 Å². The number of fused-ring (bicyclic) bond motifs is 2. The largest absolute Gasteiger partial charge is 0.466 e. The second-order valence-electron chi connectivity index (χ2n) is 15.7. The Morgan fingerprint density at radius 2 is 1.20 bits per heavy atom. The van der Waals surface area contributed by atoms with E-state index in [4.69, 9.17) is 30.4 Å². The standard InChI is InChI=1S/C25H23N3O4S.C23H20N4O4S/c1-3-4-10-31-24(29)19-14(2)28-23(27)21(25(30)32-12-15-8-9-15)20(19)18-13-33-22-16(11-26)6-5-7-17(18)22;1-11-17(22(28)30-2)18(19(21(26)27-11)23(29)31-9-12-3-4-12)16-10-32-20-14(8-25)5-13(7-24)6-15(16)20/h5-7,13,15,20,28H,8-10,12,27H2,1-2H3;5-6,10,12,18,27H,3-4,9,26H2,1-2H3. The molecule has 17 heteroatoms. The Morgan fingerprint density at radius 3 is 1.69 bits per heavy atom. The molecule has 2 unspecified atom stereocenters. The fourth-order valence-corrected chi connectivity index (χ4v) is 9.82. The lowest BCUT2D eigenvalue weighted by Gasteiger charge is -2.29. The van der Waals surface area contributed by atoms with E-state index in [1.807, 2.05) is 11.4 Å². The van der Waals surface area contributed by atoms with Gasteiger partial charge in [-0.25, -0.2) is 19.2 Å². The summed E-state index contributed by atoms with van der Waals surface area (Å²) in [7, 11) is 1.26. The maximum atomic E-state index is 13.2. The number of allylic oxidation sites excluding steroid dienone is 2. The second-order valence-corrected chi connectivity index (χ2v) is 17.5. The normalized spacial score (nSPS) is 17.9. The van der Waals surface area contributed by atoms with E-state index in [1.54, 1.807) is 44.4 Å². The number of benzene rings is 2. The van der Waals surface area contributed by atoms with E-state index in [0.717, 1.165) is 35.8 Å². The van der Waals surface area contributed by atoms with Gasteiger partial charge in [-0.3, -0.25) is 0 Å². The predicted molar refractivity (Wildman–Crippen MR) is 241 cm³/mol. The van der Waals surface area contributed by atoms with Gasteiger partial charge in [-0.15, -0.1) is 28.6 Å². The van der Waals surface area contributed by atoms with Crippen LogP contribution in [0.3, 0.4) is 0 Å². The summed E-state index contributed by atoms with van der Waals surface area (Å²) in [6, 6.07) is 14.9. The Bertz CT molecular complexity index is 2990. The van der Waals surface area contributed by atoms with Gasteiger partial charge in [0.1, 0.15) is 23.8 Å². The van der Waals surface area contributed by atoms with E-state index in [2.05, 4.69) is 40.7 Å². The smallest absolute Gasteiger partial charge is 0.338 e. The average Bonchev–Trinajstić information content (AvgIpc) is 4.23. The molecule has 2 aromatic heterocycles. The first-order chi connectivity index (χ1) is 31.3. The highest BCUT2D eigenvalue weighted by Crippen LogP contribution is 2.46. The highest BCUT2D eigenvalue weighted by molar-refractivity contribution is 7.18. The fraction of sp³-hybridized carbons (Fsp3) is 0.312. The lowest BCUT2D eigenvalue weighted by Crippen LogP contribution is -2.36. The molecule has 2 fully saturated rings. The quantitative estimate of drug-likeness (QED) is 0.0729. The van der Waals surface area contributed by atoms with Gasteiger partial charge in [-0.1, -0.05) is 18.1 Å². The number of nitrogens with two attached hydrogens (primary N) is 2. The van der Waals surface area contributed by atoms with E-state index in [0.29, 0.717) is 74.3 Å². The molecule has 15 nitrogen and oxygen atoms in total. The molecule has 0 amide bonds. The summed E-state index contributed by atoms with van der Waals surface area (Å²) in [6.07, 6.45) is 4.09. The number of dihydropyridines is 2. The summed E-state index contributed by atoms with van der Waals surface area (Å²) < 4.78 is 22.9. The van der Waals surface area contributed by atoms with Gasteiger partial charge >= 0.3 is 23.9 Å². The summed E-state index contributed by atoms with van der Waals surface area (Å²) in [4.78, 5) is 52.2. The third kappa shape index (κ3) is 9.39. The number of carbonyl (C=O) groups is 4. The van der Waals surface area contributed by atoms with Crippen LogP contribution in [0.4, 0.5) is 0 Å². The number of thiophene rings is 2. The van der Waals surface area contributed by atoms with Crippen molar-refractivity contribution in [3.05, 3.63) is 114 Å². The molecule has 4 heterocycles. The van der Waals surface area contributed by atoms with Crippen molar-refractivity contribution in [2.45, 2.75) is 58.3 Å². The van der Waals surface area contributed by atoms with Gasteiger partial charge in [-0.05, 0) is 109 Å². The zero-order chi connectivity index (χ0) is 46.5. The predicted octanol–water partition coefficient (Wildman–Crippen LogP) is 6.33. The number of hydrogen-bond donors (Lipinski definition) is 4. The molecule has 6 N–H and O–H groups in total. The number of ether oxygens (including phenoxy) is 4. The Labute approximate surface area is 382 Å². The molecular formula is C48H43N7O8S2. The van der Waals surface area contributed by atoms with Crippen LogP contribution in [-0.4, -0.2) is 50.8 Å². The number of nitriles is 3. The SMILES string of the molecule is CC#CCOC(=O)C1=C(C)NC(N)=C(C(=O)OCC2CC2)C1c1csc2c(C#N)cccc12.COC(=O)C1=C(C)NC(N)=C(C(=O)OCC2CC2)C1c1csc2c(C#N)cc(C#N)cc12. The zero-order valence-corrected chi connectivity index (χ0v) is 37.5. The van der Waals surface area contributed by atoms with Crippen molar-refractivity contribution in [3.63, 3.8) is 0 Å². The van der Waals surface area contributed by atoms with Crippen LogP contribution in [-0.2, 0) is 38.1 Å². The molecule has 8 rings (SSSR count). The number of esters is 4. The second kappa shape index (κ2) is 19.4. The third-order valence-electron chi connectivity index (χ3n) is 11.3. The minimum atomic E-state index is -0.871. The van der Waals surface area contributed by atoms with Crippen molar-refractivity contribution in [1.82, 2.24) is 10.6 Å². The molecule has 0 bridgehead atoms. The molecule has 330 valence electrons. The minimum absolute atomic E-state index is 0.0670. The Kier molecular flexibility index (Phi) is 13.6. The first-order valence-electron chi connectivity index (χ1n) is 20.5. The maximum Gasteiger partial charge on any atom is 0.338 e. The fourth-order valence-electron chi connectivity index (χ4n) is 7.71. The summed E-state index contributed by atoms with van der Waals surface area (Å²) in [5.74, 6) is 2.29. The third-order valence-corrected chi connectivity index (χ3v) is 13.4. The van der Waals surface area contributed by atoms with Crippen LogP contribution in [0.15, 0.2) is 86.4 Å². The molecule has 0 spiro atoms. The molecule has 65 heavy (non-hydrogen) atoms. The summed E-state index contributed by atoms with van der Waals surface area (Å²) in [5, 5.41) is 39.4. The Balaban J connectivity index is 0.000000194. The first kappa shape index (κ1) is 45.5. The number of rotatable bonds is 11. The molecule has 2 saturated carbocycles. The van der Waals surface area contributed by atoms with Crippen molar-refractivity contribution in [3.8, 4) is 30.0 Å². The number of nitrogens with one attached hydrogen (secondary N) is 2. The zero-order valence-electron chi connectivity index (χ0n) is 35.9. The highest BCUT2D eigenvalue weighted by Gasteiger charge is 2.42. The number of carbonyl (C=O) groups excluding carboxylic acids is 4. The molecule has 0 saturated heterocycles. The molecule has 2 aromatic carbocycles. The van der Waals surface area contributed by atoms with E-state index < -0.39 is 35.7 Å². The maximum absolute atomic E-state index is 13.2. The van der Waals surface area contributed by atoms with Crippen LogP contribution >= 0.6 is 22.7 Å². The van der Waals surface area contributed by atoms with Crippen molar-refractivity contribution < 1.29 is 38.1 Å². The summed E-state index contributed by atoms with van der Waals surface area (Å²) in [6.45, 7) is 5.59. The van der Waals surface area contributed by atoms with E-state index in [9.17, 15) is 35.0 Å². The molecule has 2 aliphatic heterocycles. The molecule has 0 radical (unpaired) electrons. The van der Waals surface area contributed by atoms with Crippen molar-refractivity contribution in [2.75, 3.05) is 26.9 Å².